The van der Waals surface area contributed by atoms with Crippen molar-refractivity contribution in [3.8, 4) is 5.75 Å². The number of nitro groups is 1. The lowest BCUT2D eigenvalue weighted by Crippen LogP contribution is -2.08. The van der Waals surface area contributed by atoms with Crippen molar-refractivity contribution in [1.82, 2.24) is 0 Å². The highest BCUT2D eigenvalue weighted by Gasteiger charge is 2.27. The normalized spacial score (nSPS) is 14.2. The van der Waals surface area contributed by atoms with E-state index >= 15 is 0 Å². The first-order valence-corrected chi connectivity index (χ1v) is 11.8. The lowest BCUT2D eigenvalue weighted by Gasteiger charge is -2.12. The molecule has 1 aliphatic rings. The van der Waals surface area contributed by atoms with Crippen LogP contribution in [0.25, 0.3) is 6.08 Å². The predicted molar refractivity (Wildman–Crippen MR) is 136 cm³/mol. The van der Waals surface area contributed by atoms with Gasteiger partial charge in [-0.3, -0.25) is 10.1 Å². The van der Waals surface area contributed by atoms with Gasteiger partial charge in [0.15, 0.2) is 5.70 Å². The Morgan fingerprint density at radius 3 is 2.47 bits per heavy atom. The zero-order chi connectivity index (χ0) is 24.4. The number of hydrogen-bond acceptors (Lipinski definition) is 6. The highest BCUT2D eigenvalue weighted by atomic mass is 79.9. The number of nitrogens with zero attached hydrogens (tertiary/aromatic N) is 2. The van der Waals surface area contributed by atoms with Gasteiger partial charge in [0.2, 0.25) is 5.90 Å². The van der Waals surface area contributed by atoms with Gasteiger partial charge in [0.25, 0.3) is 5.69 Å². The molecule has 34 heavy (non-hydrogen) atoms. The number of benzene rings is 3. The molecule has 0 aliphatic carbocycles. The van der Waals surface area contributed by atoms with Gasteiger partial charge in [-0.15, -0.1) is 0 Å². The number of hydrogen-bond donors (Lipinski definition) is 0. The van der Waals surface area contributed by atoms with Crippen LogP contribution >= 0.6 is 31.9 Å². The molecule has 1 aliphatic heterocycles. The Balaban J connectivity index is 1.60. The number of esters is 1. The molecule has 7 nitrogen and oxygen atoms in total. The molecule has 9 heteroatoms. The van der Waals surface area contributed by atoms with Gasteiger partial charge < -0.3 is 9.47 Å². The number of aliphatic imine (C=N–C) groups is 1. The van der Waals surface area contributed by atoms with Crippen LogP contribution in [0.2, 0.25) is 0 Å². The SMILES string of the molecule is Cc1ccccc1COc1c(Br)cc(/C=C2\N=C(c3cccc([N+](=O)[O-])c3C)OC2=O)cc1Br. The molecule has 0 amide bonds. The average Bonchev–Trinajstić information content (AvgIpc) is 3.14. The Hall–Kier alpha value is -3.30. The summed E-state index contributed by atoms with van der Waals surface area (Å²) in [6, 6.07) is 16.2. The maximum absolute atomic E-state index is 12.4. The van der Waals surface area contributed by atoms with Crippen molar-refractivity contribution < 1.29 is 19.2 Å². The highest BCUT2D eigenvalue weighted by Crippen LogP contribution is 2.36. The molecular formula is C25H18Br2N2O5. The van der Waals surface area contributed by atoms with Gasteiger partial charge in [0.1, 0.15) is 12.4 Å². The molecule has 1 heterocycles. The Kier molecular flexibility index (Phi) is 6.95. The molecule has 3 aromatic carbocycles. The second-order valence-electron chi connectivity index (χ2n) is 7.57. The van der Waals surface area contributed by atoms with E-state index in [0.717, 1.165) is 11.1 Å². The van der Waals surface area contributed by atoms with E-state index in [1.165, 1.54) is 12.1 Å². The summed E-state index contributed by atoms with van der Waals surface area (Å²) in [6.45, 7) is 4.03. The first-order chi connectivity index (χ1) is 16.2. The summed E-state index contributed by atoms with van der Waals surface area (Å²) in [7, 11) is 0. The zero-order valence-electron chi connectivity index (χ0n) is 18.2. The summed E-state index contributed by atoms with van der Waals surface area (Å²) in [5.41, 5.74) is 3.71. The van der Waals surface area contributed by atoms with Crippen LogP contribution in [0, 0.1) is 24.0 Å². The molecule has 4 rings (SSSR count). The van der Waals surface area contributed by atoms with Gasteiger partial charge in [0.05, 0.1) is 13.9 Å². The third-order valence-electron chi connectivity index (χ3n) is 5.31. The van der Waals surface area contributed by atoms with Gasteiger partial charge in [-0.1, -0.05) is 30.3 Å². The Labute approximate surface area is 212 Å². The Morgan fingerprint density at radius 1 is 1.09 bits per heavy atom. The fourth-order valence-electron chi connectivity index (χ4n) is 3.46. The third kappa shape index (κ3) is 4.95. The fraction of sp³-hybridized carbons (Fsp3) is 0.120. The van der Waals surface area contributed by atoms with E-state index in [-0.39, 0.29) is 17.3 Å². The van der Waals surface area contributed by atoms with Crippen LogP contribution in [0.1, 0.15) is 27.8 Å². The highest BCUT2D eigenvalue weighted by molar-refractivity contribution is 9.11. The van der Waals surface area contributed by atoms with Crippen LogP contribution in [-0.2, 0) is 16.1 Å². The first kappa shape index (κ1) is 23.8. The van der Waals surface area contributed by atoms with E-state index in [1.54, 1.807) is 19.1 Å². The van der Waals surface area contributed by atoms with Crippen LogP contribution in [0.3, 0.4) is 0 Å². The zero-order valence-corrected chi connectivity index (χ0v) is 21.3. The molecule has 3 aromatic rings. The number of aryl methyl sites for hydroxylation is 1. The van der Waals surface area contributed by atoms with Crippen LogP contribution < -0.4 is 4.74 Å². The smallest absolute Gasteiger partial charge is 0.363 e. The monoisotopic (exact) mass is 584 g/mol. The average molecular weight is 586 g/mol. The standard InChI is InChI=1S/C25H18Br2N2O5/c1-14-6-3-4-7-17(14)13-33-23-19(26)10-16(11-20(23)27)12-21-25(30)34-24(28-21)18-8-5-9-22(15(18)2)29(31)32/h3-12H,13H2,1-2H3/b21-12-. The van der Waals surface area contributed by atoms with Crippen molar-refractivity contribution in [3.05, 3.63) is 107 Å². The van der Waals surface area contributed by atoms with Gasteiger partial charge in [-0.25, -0.2) is 9.79 Å². The predicted octanol–water partition coefficient (Wildman–Crippen LogP) is 6.66. The van der Waals surface area contributed by atoms with Crippen LogP contribution in [0.4, 0.5) is 5.69 Å². The molecule has 0 atom stereocenters. The van der Waals surface area contributed by atoms with Crippen molar-refractivity contribution >= 4 is 55.5 Å². The van der Waals surface area contributed by atoms with E-state index in [0.29, 0.717) is 38.0 Å². The van der Waals surface area contributed by atoms with Crippen molar-refractivity contribution in [2.45, 2.75) is 20.5 Å². The molecule has 0 bridgehead atoms. The minimum atomic E-state index is -0.631. The molecule has 0 fully saturated rings. The van der Waals surface area contributed by atoms with Crippen molar-refractivity contribution in [2.24, 2.45) is 4.99 Å². The Morgan fingerprint density at radius 2 is 1.79 bits per heavy atom. The number of rotatable bonds is 6. The summed E-state index contributed by atoms with van der Waals surface area (Å²) >= 11 is 7.07. The molecule has 0 spiro atoms. The van der Waals surface area contributed by atoms with Crippen LogP contribution in [0.5, 0.6) is 5.75 Å². The van der Waals surface area contributed by atoms with Gasteiger partial charge in [-0.05, 0) is 86.7 Å². The molecule has 0 aromatic heterocycles. The van der Waals surface area contributed by atoms with Crippen molar-refractivity contribution in [2.75, 3.05) is 0 Å². The van der Waals surface area contributed by atoms with E-state index in [9.17, 15) is 14.9 Å². The number of carbonyl (C=O) groups excluding carboxylic acids is 1. The minimum absolute atomic E-state index is 0.0359. The third-order valence-corrected chi connectivity index (χ3v) is 6.49. The van der Waals surface area contributed by atoms with Gasteiger partial charge in [0, 0.05) is 17.2 Å². The minimum Gasteiger partial charge on any atom is -0.487 e. The summed E-state index contributed by atoms with van der Waals surface area (Å²) in [6.07, 6.45) is 1.59. The summed E-state index contributed by atoms with van der Waals surface area (Å²) < 4.78 is 12.7. The molecule has 0 radical (unpaired) electrons. The maximum Gasteiger partial charge on any atom is 0.363 e. The number of nitro benzene ring substituents is 1. The summed E-state index contributed by atoms with van der Waals surface area (Å²) in [5, 5.41) is 11.2. The lowest BCUT2D eigenvalue weighted by molar-refractivity contribution is -0.385. The topological polar surface area (TPSA) is 91.0 Å². The van der Waals surface area contributed by atoms with Crippen LogP contribution in [-0.4, -0.2) is 16.8 Å². The number of cyclic esters (lactones) is 1. The summed E-state index contributed by atoms with van der Waals surface area (Å²) in [5.74, 6) is 0.0395. The molecule has 0 N–H and O–H groups in total. The maximum atomic E-state index is 12.4. The fourth-order valence-corrected chi connectivity index (χ4v) is 4.91. The number of halogens is 2. The van der Waals surface area contributed by atoms with Gasteiger partial charge >= 0.3 is 5.97 Å². The largest absolute Gasteiger partial charge is 0.487 e. The molecule has 0 unspecified atom stereocenters. The molecular weight excluding hydrogens is 568 g/mol. The Bertz CT molecular complexity index is 1360. The summed E-state index contributed by atoms with van der Waals surface area (Å²) in [4.78, 5) is 27.5. The van der Waals surface area contributed by atoms with E-state index in [4.69, 9.17) is 9.47 Å². The van der Waals surface area contributed by atoms with E-state index in [1.807, 2.05) is 43.3 Å². The van der Waals surface area contributed by atoms with E-state index in [2.05, 4.69) is 36.9 Å². The van der Waals surface area contributed by atoms with Crippen molar-refractivity contribution in [1.29, 1.82) is 0 Å². The molecule has 0 saturated carbocycles. The first-order valence-electron chi connectivity index (χ1n) is 10.2. The molecule has 172 valence electrons. The molecule has 0 saturated heterocycles. The number of carbonyl (C=O) groups is 1. The second kappa shape index (κ2) is 9.90. The van der Waals surface area contributed by atoms with Crippen LogP contribution in [0.15, 0.2) is 74.2 Å². The van der Waals surface area contributed by atoms with Gasteiger partial charge in [-0.2, -0.15) is 0 Å². The van der Waals surface area contributed by atoms with E-state index < -0.39 is 10.9 Å². The number of ether oxygens (including phenoxy) is 2. The van der Waals surface area contributed by atoms with Crippen molar-refractivity contribution in [3.63, 3.8) is 0 Å². The quantitative estimate of drug-likeness (QED) is 0.140. The second-order valence-corrected chi connectivity index (χ2v) is 9.28. The lowest BCUT2D eigenvalue weighted by atomic mass is 10.1.